The van der Waals surface area contributed by atoms with Crippen molar-refractivity contribution < 1.29 is 9.72 Å². The Morgan fingerprint density at radius 1 is 1.36 bits per heavy atom. The number of urea groups is 1. The second-order valence-electron chi connectivity index (χ2n) is 6.07. The molecule has 0 aliphatic carbocycles. The van der Waals surface area contributed by atoms with Crippen molar-refractivity contribution in [1.82, 2.24) is 9.88 Å². The van der Waals surface area contributed by atoms with Crippen LogP contribution in [0.15, 0.2) is 42.7 Å². The molecule has 1 aromatic carbocycles. The van der Waals surface area contributed by atoms with Gasteiger partial charge in [0.25, 0.3) is 0 Å². The second-order valence-corrected chi connectivity index (χ2v) is 6.07. The minimum atomic E-state index is -0.558. The maximum absolute atomic E-state index is 12.8. The summed E-state index contributed by atoms with van der Waals surface area (Å²) in [6, 6.07) is 8.92. The Morgan fingerprint density at radius 2 is 2.12 bits per heavy atom. The second kappa shape index (κ2) is 6.76. The van der Waals surface area contributed by atoms with Crippen LogP contribution in [0.3, 0.4) is 0 Å². The van der Waals surface area contributed by atoms with Crippen molar-refractivity contribution in [3.8, 4) is 0 Å². The Bertz CT molecular complexity index is 810. The molecule has 1 aromatic heterocycles. The van der Waals surface area contributed by atoms with Gasteiger partial charge in [0.05, 0.1) is 4.92 Å². The topological polar surface area (TPSA) is 91.6 Å². The van der Waals surface area contributed by atoms with E-state index in [4.69, 9.17) is 0 Å². The number of fused-ring (bicyclic) bond motifs is 1. The molecule has 1 N–H and O–H groups in total. The number of benzene rings is 1. The largest absolute Gasteiger partial charge is 0.372 e. The van der Waals surface area contributed by atoms with Crippen LogP contribution in [-0.2, 0) is 6.54 Å². The first-order valence-corrected chi connectivity index (χ1v) is 7.92. The van der Waals surface area contributed by atoms with E-state index < -0.39 is 4.92 Å². The van der Waals surface area contributed by atoms with Gasteiger partial charge < -0.3 is 15.1 Å². The monoisotopic (exact) mass is 341 g/mol. The maximum Gasteiger partial charge on any atom is 0.322 e. The summed E-state index contributed by atoms with van der Waals surface area (Å²) in [6.07, 6.45) is 2.54. The lowest BCUT2D eigenvalue weighted by Gasteiger charge is -2.28. The van der Waals surface area contributed by atoms with Crippen LogP contribution < -0.4 is 10.2 Å². The average molecular weight is 341 g/mol. The Kier molecular flexibility index (Phi) is 4.51. The highest BCUT2D eigenvalue weighted by Gasteiger charge is 2.28. The lowest BCUT2D eigenvalue weighted by atomic mass is 10.1. The first-order valence-electron chi connectivity index (χ1n) is 7.92. The minimum absolute atomic E-state index is 0.0571. The van der Waals surface area contributed by atoms with Gasteiger partial charge in [-0.15, -0.1) is 0 Å². The van der Waals surface area contributed by atoms with Crippen LogP contribution in [0, 0.1) is 10.1 Å². The minimum Gasteiger partial charge on any atom is -0.372 e. The molecule has 0 bridgehead atoms. The van der Waals surface area contributed by atoms with Crippen LogP contribution in [0.5, 0.6) is 0 Å². The number of rotatable bonds is 2. The summed E-state index contributed by atoms with van der Waals surface area (Å²) in [5, 5.41) is 13.8. The number of likely N-dealkylation sites (N-methyl/N-ethyl adjacent to an activating group) is 1. The summed E-state index contributed by atoms with van der Waals surface area (Å²) in [5.74, 6) is 0. The van der Waals surface area contributed by atoms with Crippen LogP contribution in [0.25, 0.3) is 0 Å². The zero-order chi connectivity index (χ0) is 18.0. The summed E-state index contributed by atoms with van der Waals surface area (Å²) in [4.78, 5) is 30.9. The quantitative estimate of drug-likeness (QED) is 0.670. The third-order valence-corrected chi connectivity index (χ3v) is 4.31. The van der Waals surface area contributed by atoms with Gasteiger partial charge in [-0.2, -0.15) is 0 Å². The van der Waals surface area contributed by atoms with Crippen molar-refractivity contribution in [2.45, 2.75) is 19.5 Å². The fraction of sp³-hybridized carbons (Fsp3) is 0.294. The summed E-state index contributed by atoms with van der Waals surface area (Å²) in [5.41, 5.74) is 2.03. The Labute approximate surface area is 145 Å². The first kappa shape index (κ1) is 16.7. The van der Waals surface area contributed by atoms with Crippen molar-refractivity contribution in [3.63, 3.8) is 0 Å². The Morgan fingerprint density at radius 3 is 2.88 bits per heavy atom. The predicted molar refractivity (Wildman–Crippen MR) is 94.6 cm³/mol. The van der Waals surface area contributed by atoms with E-state index in [2.05, 4.69) is 15.2 Å². The van der Waals surface area contributed by atoms with Gasteiger partial charge in [0.15, 0.2) is 0 Å². The van der Waals surface area contributed by atoms with Crippen molar-refractivity contribution >= 4 is 23.1 Å². The number of aromatic nitrogens is 1. The number of para-hydroxylation sites is 1. The number of nitro groups is 1. The Balaban J connectivity index is 1.86. The molecule has 2 amide bonds. The molecule has 1 atom stereocenters. The smallest absolute Gasteiger partial charge is 0.322 e. The predicted octanol–water partition coefficient (Wildman–Crippen LogP) is 2.86. The molecule has 25 heavy (non-hydrogen) atoms. The fourth-order valence-electron chi connectivity index (χ4n) is 3.05. The molecule has 0 unspecified atom stereocenters. The first-order chi connectivity index (χ1) is 12.0. The summed E-state index contributed by atoms with van der Waals surface area (Å²) in [6.45, 7) is 3.07. The van der Waals surface area contributed by atoms with E-state index in [1.54, 1.807) is 4.90 Å². The van der Waals surface area contributed by atoms with Gasteiger partial charge >= 0.3 is 11.7 Å². The van der Waals surface area contributed by atoms with Gasteiger partial charge in [-0.05, 0) is 24.6 Å². The van der Waals surface area contributed by atoms with E-state index in [0.717, 1.165) is 17.4 Å². The molecule has 1 aliphatic rings. The highest BCUT2D eigenvalue weighted by Crippen LogP contribution is 2.27. The van der Waals surface area contributed by atoms with Crippen molar-refractivity contribution in [3.05, 3.63) is 58.4 Å². The molecule has 2 heterocycles. The van der Waals surface area contributed by atoms with E-state index >= 15 is 0 Å². The van der Waals surface area contributed by atoms with Crippen LogP contribution >= 0.6 is 0 Å². The van der Waals surface area contributed by atoms with E-state index in [1.165, 1.54) is 12.3 Å². The van der Waals surface area contributed by atoms with Crippen LogP contribution in [0.1, 0.15) is 12.5 Å². The molecule has 8 heteroatoms. The molecule has 0 fully saturated rings. The summed E-state index contributed by atoms with van der Waals surface area (Å²) < 4.78 is 0. The SMILES string of the molecule is C[C@@H]1CN(C)c2ccccc2CN1C(=O)Nc1ccncc1[N+](=O)[O-]. The fourth-order valence-corrected chi connectivity index (χ4v) is 3.05. The third-order valence-electron chi connectivity index (χ3n) is 4.31. The molecule has 1 aliphatic heterocycles. The van der Waals surface area contributed by atoms with Gasteiger partial charge in [-0.1, -0.05) is 18.2 Å². The van der Waals surface area contributed by atoms with Crippen molar-refractivity contribution in [2.75, 3.05) is 23.8 Å². The van der Waals surface area contributed by atoms with E-state index in [-0.39, 0.29) is 23.4 Å². The molecule has 0 saturated carbocycles. The number of carbonyl (C=O) groups is 1. The maximum atomic E-state index is 12.8. The standard InChI is InChI=1S/C17H19N5O3/c1-12-10-20(2)15-6-4-3-5-13(15)11-21(12)17(23)19-14-7-8-18-9-16(14)22(24)25/h3-9,12H,10-11H2,1-2H3,(H,18,19,23)/t12-/m1/s1. The number of amides is 2. The number of hydrogen-bond donors (Lipinski definition) is 1. The zero-order valence-corrected chi connectivity index (χ0v) is 14.0. The van der Waals surface area contributed by atoms with E-state index in [0.29, 0.717) is 13.1 Å². The summed E-state index contributed by atoms with van der Waals surface area (Å²) >= 11 is 0. The normalized spacial score (nSPS) is 16.8. The van der Waals surface area contributed by atoms with Gasteiger partial charge in [0.1, 0.15) is 11.9 Å². The lowest BCUT2D eigenvalue weighted by Crippen LogP contribution is -2.44. The van der Waals surface area contributed by atoms with Crippen LogP contribution in [0.2, 0.25) is 0 Å². The highest BCUT2D eigenvalue weighted by molar-refractivity contribution is 5.92. The third kappa shape index (κ3) is 3.37. The number of nitrogens with one attached hydrogen (secondary N) is 1. The number of anilines is 2. The molecular formula is C17H19N5O3. The van der Waals surface area contributed by atoms with E-state index in [1.807, 2.05) is 38.2 Å². The van der Waals surface area contributed by atoms with Gasteiger partial charge in [-0.25, -0.2) is 4.79 Å². The zero-order valence-electron chi connectivity index (χ0n) is 14.0. The number of hydrogen-bond acceptors (Lipinski definition) is 5. The molecule has 3 rings (SSSR count). The van der Waals surface area contributed by atoms with Gasteiger partial charge in [-0.3, -0.25) is 15.1 Å². The number of nitrogens with zero attached hydrogens (tertiary/aromatic N) is 4. The molecule has 2 aromatic rings. The van der Waals surface area contributed by atoms with Crippen molar-refractivity contribution in [1.29, 1.82) is 0 Å². The summed E-state index contributed by atoms with van der Waals surface area (Å²) in [7, 11) is 1.99. The molecule has 8 nitrogen and oxygen atoms in total. The lowest BCUT2D eigenvalue weighted by molar-refractivity contribution is -0.384. The number of carbonyl (C=O) groups excluding carboxylic acids is 1. The van der Waals surface area contributed by atoms with E-state index in [9.17, 15) is 14.9 Å². The Hall–Kier alpha value is -3.16. The highest BCUT2D eigenvalue weighted by atomic mass is 16.6. The van der Waals surface area contributed by atoms with Crippen molar-refractivity contribution in [2.24, 2.45) is 0 Å². The molecule has 0 spiro atoms. The van der Waals surface area contributed by atoms with Crippen LogP contribution in [-0.4, -0.2) is 40.5 Å². The molecule has 130 valence electrons. The average Bonchev–Trinajstić information content (AvgIpc) is 2.72. The molecule has 0 saturated heterocycles. The van der Waals surface area contributed by atoms with Gasteiger partial charge in [0, 0.05) is 38.1 Å². The molecule has 0 radical (unpaired) electrons. The van der Waals surface area contributed by atoms with Gasteiger partial charge in [0.2, 0.25) is 0 Å². The number of pyridine rings is 1. The van der Waals surface area contributed by atoms with Crippen LogP contribution in [0.4, 0.5) is 21.9 Å². The molecular weight excluding hydrogens is 322 g/mol.